The normalized spacial score (nSPS) is 17.8. The lowest BCUT2D eigenvalue weighted by molar-refractivity contribution is -0.119. The molecule has 2 aromatic rings. The van der Waals surface area contributed by atoms with Crippen molar-refractivity contribution in [2.45, 2.75) is 43.4 Å². The van der Waals surface area contributed by atoms with E-state index in [-0.39, 0.29) is 11.3 Å². The van der Waals surface area contributed by atoms with E-state index >= 15 is 0 Å². The summed E-state index contributed by atoms with van der Waals surface area (Å²) in [6.07, 6.45) is 0.459. The van der Waals surface area contributed by atoms with Crippen molar-refractivity contribution in [1.82, 2.24) is 4.98 Å². The molecule has 0 N–H and O–H groups in total. The van der Waals surface area contributed by atoms with Gasteiger partial charge in [0.05, 0.1) is 18.0 Å². The fraction of sp³-hybridized carbons (Fsp3) is 0.412. The van der Waals surface area contributed by atoms with Gasteiger partial charge >= 0.3 is 0 Å². The number of carbonyl (C=O) groups excluding carboxylic acids is 1. The molecule has 0 aliphatic carbocycles. The second-order valence-corrected chi connectivity index (χ2v) is 8.43. The predicted octanol–water partition coefficient (Wildman–Crippen LogP) is 4.44. The van der Waals surface area contributed by atoms with Crippen molar-refractivity contribution in [3.63, 3.8) is 0 Å². The molecule has 0 saturated carbocycles. The first-order valence-corrected chi connectivity index (χ1v) is 9.01. The number of rotatable bonds is 3. The Kier molecular flexibility index (Phi) is 3.93. The van der Waals surface area contributed by atoms with Crippen LogP contribution in [0.5, 0.6) is 0 Å². The second kappa shape index (κ2) is 5.58. The number of carbonyl (C=O) groups is 1. The van der Waals surface area contributed by atoms with Crippen LogP contribution in [-0.2, 0) is 16.6 Å². The number of Topliss-reactive ketones (excluding diaryl/α,β-unsaturated/α-hetero) is 1. The summed E-state index contributed by atoms with van der Waals surface area (Å²) in [5, 5.41) is 3.03. The minimum atomic E-state index is 0.0354. The Balaban J connectivity index is 1.75. The van der Waals surface area contributed by atoms with Crippen LogP contribution in [-0.4, -0.2) is 16.5 Å². The molecule has 0 fully saturated rings. The molecule has 0 bridgehead atoms. The monoisotopic (exact) mass is 317 g/mol. The largest absolute Gasteiger partial charge is 0.299 e. The van der Waals surface area contributed by atoms with E-state index in [1.54, 1.807) is 23.1 Å². The van der Waals surface area contributed by atoms with Gasteiger partial charge in [-0.05, 0) is 11.6 Å². The van der Waals surface area contributed by atoms with Gasteiger partial charge in [0, 0.05) is 21.4 Å². The van der Waals surface area contributed by atoms with Gasteiger partial charge in [-0.1, -0.05) is 39.0 Å². The van der Waals surface area contributed by atoms with Crippen molar-refractivity contribution in [3.8, 4) is 0 Å². The zero-order chi connectivity index (χ0) is 15.0. The van der Waals surface area contributed by atoms with E-state index in [1.807, 2.05) is 12.1 Å². The highest BCUT2D eigenvalue weighted by Gasteiger charge is 2.29. The highest BCUT2D eigenvalue weighted by Crippen LogP contribution is 2.40. The van der Waals surface area contributed by atoms with Gasteiger partial charge in [-0.15, -0.1) is 23.1 Å². The molecular formula is C17H19NOS2. The van der Waals surface area contributed by atoms with Gasteiger partial charge in [-0.3, -0.25) is 4.79 Å². The number of ketones is 1. The maximum Gasteiger partial charge on any atom is 0.148 e. The van der Waals surface area contributed by atoms with Crippen LogP contribution in [0, 0.1) is 0 Å². The summed E-state index contributed by atoms with van der Waals surface area (Å²) < 4.78 is 0. The molecule has 3 rings (SSSR count). The quantitative estimate of drug-likeness (QED) is 0.838. The molecule has 4 heteroatoms. The van der Waals surface area contributed by atoms with Gasteiger partial charge in [0.25, 0.3) is 0 Å². The maximum atomic E-state index is 12.6. The van der Waals surface area contributed by atoms with Gasteiger partial charge in [-0.25, -0.2) is 4.98 Å². The van der Waals surface area contributed by atoms with Crippen molar-refractivity contribution in [3.05, 3.63) is 45.9 Å². The van der Waals surface area contributed by atoms with Crippen LogP contribution in [0.4, 0.5) is 0 Å². The van der Waals surface area contributed by atoms with Crippen molar-refractivity contribution >= 4 is 28.9 Å². The third kappa shape index (κ3) is 3.06. The van der Waals surface area contributed by atoms with E-state index in [2.05, 4.69) is 43.3 Å². The van der Waals surface area contributed by atoms with E-state index in [1.165, 1.54) is 10.5 Å². The number of hydrogen-bond acceptors (Lipinski definition) is 4. The Morgan fingerprint density at radius 1 is 1.33 bits per heavy atom. The number of thiazole rings is 1. The molecular weight excluding hydrogens is 298 g/mol. The van der Waals surface area contributed by atoms with Gasteiger partial charge in [-0.2, -0.15) is 0 Å². The van der Waals surface area contributed by atoms with Crippen LogP contribution in [0.15, 0.2) is 34.5 Å². The zero-order valence-electron chi connectivity index (χ0n) is 12.6. The highest BCUT2D eigenvalue weighted by molar-refractivity contribution is 7.99. The molecule has 1 unspecified atom stereocenters. The summed E-state index contributed by atoms with van der Waals surface area (Å²) in [6.45, 7) is 6.45. The van der Waals surface area contributed by atoms with E-state index in [0.29, 0.717) is 12.2 Å². The Hall–Kier alpha value is -1.13. The topological polar surface area (TPSA) is 30.0 Å². The van der Waals surface area contributed by atoms with Crippen LogP contribution in [0.1, 0.15) is 43.0 Å². The van der Waals surface area contributed by atoms with Crippen molar-refractivity contribution in [2.24, 2.45) is 0 Å². The number of aromatic nitrogens is 1. The number of thioether (sulfide) groups is 1. The summed E-state index contributed by atoms with van der Waals surface area (Å²) in [7, 11) is 0. The highest BCUT2D eigenvalue weighted by atomic mass is 32.2. The molecule has 0 spiro atoms. The van der Waals surface area contributed by atoms with Crippen molar-refractivity contribution < 1.29 is 4.79 Å². The molecule has 110 valence electrons. The smallest absolute Gasteiger partial charge is 0.148 e. The average molecular weight is 317 g/mol. The Morgan fingerprint density at radius 2 is 2.10 bits per heavy atom. The van der Waals surface area contributed by atoms with E-state index < -0.39 is 0 Å². The minimum absolute atomic E-state index is 0.0354. The SMILES string of the molecule is CC(C)(C)c1csc(CC(=O)C2CSc3ccccc32)n1. The summed E-state index contributed by atoms with van der Waals surface area (Å²) in [5.74, 6) is 1.20. The summed E-state index contributed by atoms with van der Waals surface area (Å²) in [6, 6.07) is 8.25. The van der Waals surface area contributed by atoms with Crippen LogP contribution < -0.4 is 0 Å². The Bertz CT molecular complexity index is 669. The van der Waals surface area contributed by atoms with E-state index in [0.717, 1.165) is 16.5 Å². The number of hydrogen-bond donors (Lipinski definition) is 0. The van der Waals surface area contributed by atoms with Gasteiger partial charge < -0.3 is 0 Å². The molecule has 21 heavy (non-hydrogen) atoms. The van der Waals surface area contributed by atoms with E-state index in [4.69, 9.17) is 0 Å². The first-order chi connectivity index (χ1) is 9.95. The lowest BCUT2D eigenvalue weighted by Gasteiger charge is -2.14. The average Bonchev–Trinajstić information content (AvgIpc) is 3.03. The Morgan fingerprint density at radius 3 is 2.81 bits per heavy atom. The second-order valence-electron chi connectivity index (χ2n) is 6.42. The van der Waals surface area contributed by atoms with Crippen molar-refractivity contribution in [2.75, 3.05) is 5.75 Å². The van der Waals surface area contributed by atoms with Gasteiger partial charge in [0.15, 0.2) is 0 Å². The molecule has 1 aliphatic heterocycles. The standard InChI is InChI=1S/C17H19NOS2/c1-17(2,3)15-10-21-16(18-15)8-13(19)12-9-20-14-7-5-4-6-11(12)14/h4-7,10,12H,8-9H2,1-3H3. The molecule has 2 heterocycles. The van der Waals surface area contributed by atoms with E-state index in [9.17, 15) is 4.79 Å². The molecule has 0 amide bonds. The predicted molar refractivity (Wildman–Crippen MR) is 89.4 cm³/mol. The molecule has 1 aromatic carbocycles. The third-order valence-corrected chi connectivity index (χ3v) is 5.77. The third-order valence-electron chi connectivity index (χ3n) is 3.73. The molecule has 2 nitrogen and oxygen atoms in total. The fourth-order valence-electron chi connectivity index (χ4n) is 2.44. The molecule has 1 aliphatic rings. The number of benzene rings is 1. The number of nitrogens with zero attached hydrogens (tertiary/aromatic N) is 1. The van der Waals surface area contributed by atoms with Crippen LogP contribution >= 0.6 is 23.1 Å². The van der Waals surface area contributed by atoms with Crippen LogP contribution in [0.25, 0.3) is 0 Å². The summed E-state index contributed by atoms with van der Waals surface area (Å²) in [4.78, 5) is 18.5. The lowest BCUT2D eigenvalue weighted by Crippen LogP contribution is -2.15. The molecule has 0 saturated heterocycles. The summed E-state index contributed by atoms with van der Waals surface area (Å²) >= 11 is 3.39. The van der Waals surface area contributed by atoms with Crippen LogP contribution in [0.3, 0.4) is 0 Å². The van der Waals surface area contributed by atoms with Gasteiger partial charge in [0.1, 0.15) is 10.8 Å². The minimum Gasteiger partial charge on any atom is -0.299 e. The summed E-state index contributed by atoms with van der Waals surface area (Å²) in [5.41, 5.74) is 2.32. The fourth-order valence-corrected chi connectivity index (χ4v) is 4.73. The first-order valence-electron chi connectivity index (χ1n) is 7.14. The molecule has 1 aromatic heterocycles. The zero-order valence-corrected chi connectivity index (χ0v) is 14.2. The van der Waals surface area contributed by atoms with Crippen LogP contribution in [0.2, 0.25) is 0 Å². The molecule has 0 radical (unpaired) electrons. The lowest BCUT2D eigenvalue weighted by atomic mass is 9.93. The maximum absolute atomic E-state index is 12.6. The van der Waals surface area contributed by atoms with Crippen molar-refractivity contribution in [1.29, 1.82) is 0 Å². The Labute approximate surface area is 134 Å². The van der Waals surface area contributed by atoms with Gasteiger partial charge in [0.2, 0.25) is 0 Å². The molecule has 1 atom stereocenters. The first kappa shape index (κ1) is 14.8. The number of fused-ring (bicyclic) bond motifs is 1.